The van der Waals surface area contributed by atoms with Crippen LogP contribution >= 0.6 is 0 Å². The minimum Gasteiger partial charge on any atom is -0.508 e. The number of benzene rings is 1. The molecule has 0 spiro atoms. The normalized spacial score (nSPS) is 11.7. The van der Waals surface area contributed by atoms with Crippen molar-refractivity contribution >= 4 is 0 Å². The van der Waals surface area contributed by atoms with Gasteiger partial charge in [0.05, 0.1) is 0 Å². The van der Waals surface area contributed by atoms with E-state index in [0.717, 1.165) is 12.0 Å². The van der Waals surface area contributed by atoms with E-state index in [0.29, 0.717) is 5.75 Å². The van der Waals surface area contributed by atoms with Gasteiger partial charge in [0.2, 0.25) is 0 Å². The predicted molar refractivity (Wildman–Crippen MR) is 56.0 cm³/mol. The van der Waals surface area contributed by atoms with E-state index in [4.69, 9.17) is 0 Å². The molecule has 0 saturated carbocycles. The van der Waals surface area contributed by atoms with Crippen molar-refractivity contribution < 1.29 is 5.11 Å². The molecule has 13 heavy (non-hydrogen) atoms. The summed E-state index contributed by atoms with van der Waals surface area (Å²) >= 11 is 0. The van der Waals surface area contributed by atoms with Crippen molar-refractivity contribution in [3.63, 3.8) is 0 Å². The zero-order valence-electron chi connectivity index (χ0n) is 8.89. The molecule has 1 nitrogen and oxygen atoms in total. The average molecular weight is 178 g/mol. The Morgan fingerprint density at radius 1 is 1.15 bits per heavy atom. The Kier molecular flexibility index (Phi) is 2.65. The summed E-state index contributed by atoms with van der Waals surface area (Å²) < 4.78 is 0. The Balaban J connectivity index is 2.90. The van der Waals surface area contributed by atoms with Crippen molar-refractivity contribution in [2.45, 2.75) is 34.1 Å². The lowest BCUT2D eigenvalue weighted by Crippen LogP contribution is -2.09. The van der Waals surface area contributed by atoms with Crippen molar-refractivity contribution in [1.82, 2.24) is 0 Å². The van der Waals surface area contributed by atoms with Crippen molar-refractivity contribution in [3.05, 3.63) is 29.3 Å². The van der Waals surface area contributed by atoms with E-state index in [1.165, 1.54) is 5.56 Å². The predicted octanol–water partition coefficient (Wildman–Crippen LogP) is 3.29. The Morgan fingerprint density at radius 2 is 1.77 bits per heavy atom. The number of phenols is 1. The average Bonchev–Trinajstić information content (AvgIpc) is 1.78. The highest BCUT2D eigenvalue weighted by Gasteiger charge is 2.11. The first kappa shape index (κ1) is 10.1. The third kappa shape index (κ3) is 3.49. The number of phenolic OH excluding ortho intramolecular Hbond substituents is 1. The Bertz CT molecular complexity index is 274. The first-order valence-electron chi connectivity index (χ1n) is 4.66. The summed E-state index contributed by atoms with van der Waals surface area (Å²) in [6.07, 6.45) is 1.00. The molecule has 1 rings (SSSR count). The van der Waals surface area contributed by atoms with Gasteiger partial charge in [0.25, 0.3) is 0 Å². The van der Waals surface area contributed by atoms with Crippen LogP contribution in [0.2, 0.25) is 0 Å². The van der Waals surface area contributed by atoms with Crippen LogP contribution in [0.15, 0.2) is 18.2 Å². The van der Waals surface area contributed by atoms with Crippen LogP contribution < -0.4 is 0 Å². The van der Waals surface area contributed by atoms with Gasteiger partial charge in [0.15, 0.2) is 0 Å². The van der Waals surface area contributed by atoms with E-state index in [2.05, 4.69) is 26.8 Å². The van der Waals surface area contributed by atoms with Gasteiger partial charge < -0.3 is 5.11 Å². The molecular formula is C12H18O. The van der Waals surface area contributed by atoms with Crippen molar-refractivity contribution in [2.24, 2.45) is 5.41 Å². The molecule has 1 N–H and O–H groups in total. The number of aromatic hydroxyl groups is 1. The maximum absolute atomic E-state index is 9.39. The van der Waals surface area contributed by atoms with Gasteiger partial charge in [-0.25, -0.2) is 0 Å². The molecule has 0 aliphatic carbocycles. The van der Waals surface area contributed by atoms with Crippen LogP contribution in [0.5, 0.6) is 5.75 Å². The molecule has 0 aliphatic rings. The van der Waals surface area contributed by atoms with E-state index in [-0.39, 0.29) is 5.41 Å². The van der Waals surface area contributed by atoms with Gasteiger partial charge in [-0.1, -0.05) is 26.8 Å². The Hall–Kier alpha value is -0.980. The second-order valence-electron chi connectivity index (χ2n) is 4.91. The highest BCUT2D eigenvalue weighted by Crippen LogP contribution is 2.23. The van der Waals surface area contributed by atoms with Crippen LogP contribution in [0.25, 0.3) is 0 Å². The molecule has 0 radical (unpaired) electrons. The topological polar surface area (TPSA) is 20.2 Å². The SMILES string of the molecule is Cc1cc(O)cc(CC(C)(C)C)c1. The second-order valence-corrected chi connectivity index (χ2v) is 4.91. The van der Waals surface area contributed by atoms with Crippen LogP contribution in [-0.2, 0) is 6.42 Å². The zero-order chi connectivity index (χ0) is 10.1. The summed E-state index contributed by atoms with van der Waals surface area (Å²) in [5.41, 5.74) is 2.62. The summed E-state index contributed by atoms with van der Waals surface area (Å²) in [6, 6.07) is 5.76. The van der Waals surface area contributed by atoms with Gasteiger partial charge in [-0.2, -0.15) is 0 Å². The number of hydrogen-bond donors (Lipinski definition) is 1. The number of rotatable bonds is 1. The highest BCUT2D eigenvalue weighted by molar-refractivity contribution is 5.33. The molecule has 72 valence electrons. The Morgan fingerprint density at radius 3 is 2.23 bits per heavy atom. The van der Waals surface area contributed by atoms with E-state index >= 15 is 0 Å². The van der Waals surface area contributed by atoms with Crippen molar-refractivity contribution in [3.8, 4) is 5.75 Å². The molecule has 0 heterocycles. The van der Waals surface area contributed by atoms with Gasteiger partial charge in [-0.15, -0.1) is 0 Å². The fourth-order valence-corrected chi connectivity index (χ4v) is 1.56. The summed E-state index contributed by atoms with van der Waals surface area (Å²) in [4.78, 5) is 0. The van der Waals surface area contributed by atoms with E-state index in [1.54, 1.807) is 6.07 Å². The smallest absolute Gasteiger partial charge is 0.116 e. The molecule has 0 bridgehead atoms. The highest BCUT2D eigenvalue weighted by atomic mass is 16.3. The summed E-state index contributed by atoms with van der Waals surface area (Å²) in [7, 11) is 0. The molecule has 0 fully saturated rings. The lowest BCUT2D eigenvalue weighted by molar-refractivity contribution is 0.409. The standard InChI is InChI=1S/C12H18O/c1-9-5-10(7-11(13)6-9)8-12(2,3)4/h5-7,13H,8H2,1-4H3. The van der Waals surface area contributed by atoms with Gasteiger partial charge in [0.1, 0.15) is 5.75 Å². The fraction of sp³-hybridized carbons (Fsp3) is 0.500. The van der Waals surface area contributed by atoms with Crippen molar-refractivity contribution in [1.29, 1.82) is 0 Å². The van der Waals surface area contributed by atoms with Gasteiger partial charge >= 0.3 is 0 Å². The maximum Gasteiger partial charge on any atom is 0.116 e. The van der Waals surface area contributed by atoms with Gasteiger partial charge in [0, 0.05) is 0 Å². The molecule has 1 aromatic rings. The zero-order valence-corrected chi connectivity index (χ0v) is 8.89. The molecule has 0 aromatic heterocycles. The molecule has 0 aliphatic heterocycles. The number of hydrogen-bond acceptors (Lipinski definition) is 1. The minimum absolute atomic E-state index is 0.278. The quantitative estimate of drug-likeness (QED) is 0.699. The van der Waals surface area contributed by atoms with Crippen molar-refractivity contribution in [2.75, 3.05) is 0 Å². The van der Waals surface area contributed by atoms with E-state index < -0.39 is 0 Å². The van der Waals surface area contributed by atoms with Crippen LogP contribution in [0.3, 0.4) is 0 Å². The molecule has 1 heteroatoms. The molecule has 0 amide bonds. The molecule has 0 atom stereocenters. The van der Waals surface area contributed by atoms with Crippen LogP contribution in [-0.4, -0.2) is 5.11 Å². The number of aryl methyl sites for hydroxylation is 1. The molecule has 0 unspecified atom stereocenters. The molecule has 1 aromatic carbocycles. The first-order valence-corrected chi connectivity index (χ1v) is 4.66. The first-order chi connectivity index (χ1) is 5.87. The lowest BCUT2D eigenvalue weighted by Gasteiger charge is -2.18. The monoisotopic (exact) mass is 178 g/mol. The summed E-state index contributed by atoms with van der Waals surface area (Å²) in [6.45, 7) is 8.61. The lowest BCUT2D eigenvalue weighted by atomic mass is 9.88. The fourth-order valence-electron chi connectivity index (χ4n) is 1.56. The minimum atomic E-state index is 0.278. The van der Waals surface area contributed by atoms with Gasteiger partial charge in [-0.3, -0.25) is 0 Å². The summed E-state index contributed by atoms with van der Waals surface area (Å²) in [5.74, 6) is 0.374. The summed E-state index contributed by atoms with van der Waals surface area (Å²) in [5, 5.41) is 9.39. The van der Waals surface area contributed by atoms with Crippen LogP contribution in [0.1, 0.15) is 31.9 Å². The van der Waals surface area contributed by atoms with E-state index in [1.807, 2.05) is 13.0 Å². The second kappa shape index (κ2) is 3.41. The maximum atomic E-state index is 9.39. The van der Waals surface area contributed by atoms with Crippen LogP contribution in [0, 0.1) is 12.3 Å². The third-order valence-electron chi connectivity index (χ3n) is 1.86. The molecular weight excluding hydrogens is 160 g/mol. The van der Waals surface area contributed by atoms with Gasteiger partial charge in [-0.05, 0) is 42.0 Å². The largest absolute Gasteiger partial charge is 0.508 e. The third-order valence-corrected chi connectivity index (χ3v) is 1.86. The van der Waals surface area contributed by atoms with Crippen LogP contribution in [0.4, 0.5) is 0 Å². The Labute approximate surface area is 80.4 Å². The van der Waals surface area contributed by atoms with E-state index in [9.17, 15) is 5.11 Å². The molecule has 0 saturated heterocycles.